The molecule has 1 aromatic heterocycles. The molecule has 0 aliphatic carbocycles. The molecule has 0 aliphatic rings. The van der Waals surface area contributed by atoms with Gasteiger partial charge in [0.1, 0.15) is 17.7 Å². The lowest BCUT2D eigenvalue weighted by Crippen LogP contribution is -2.27. The summed E-state index contributed by atoms with van der Waals surface area (Å²) in [6.45, 7) is 7.27. The van der Waals surface area contributed by atoms with Crippen molar-refractivity contribution in [1.82, 2.24) is 14.8 Å². The number of amides is 1. The lowest BCUT2D eigenvalue weighted by molar-refractivity contribution is -0.274. The number of rotatable bonds is 5. The summed E-state index contributed by atoms with van der Waals surface area (Å²) < 4.78 is 47.4. The van der Waals surface area contributed by atoms with Crippen LogP contribution >= 0.6 is 0 Å². The fraction of sp³-hybridized carbons (Fsp3) is 0.261. The molecule has 0 radical (unpaired) electrons. The maximum absolute atomic E-state index is 12.3. The van der Waals surface area contributed by atoms with E-state index in [2.05, 4.69) is 20.1 Å². The van der Waals surface area contributed by atoms with Gasteiger partial charge in [-0.15, -0.1) is 18.3 Å². The number of nitrogens with one attached hydrogen (secondary N) is 1. The molecule has 3 rings (SSSR count). The molecule has 33 heavy (non-hydrogen) atoms. The van der Waals surface area contributed by atoms with Crippen LogP contribution in [-0.4, -0.2) is 32.8 Å². The van der Waals surface area contributed by atoms with Crippen LogP contribution in [0.25, 0.3) is 17.8 Å². The highest BCUT2D eigenvalue weighted by Gasteiger charge is 2.31. The molecule has 0 aliphatic heterocycles. The van der Waals surface area contributed by atoms with Crippen LogP contribution in [0, 0.1) is 6.92 Å². The van der Waals surface area contributed by atoms with Crippen molar-refractivity contribution >= 4 is 23.9 Å². The largest absolute Gasteiger partial charge is 0.573 e. The summed E-state index contributed by atoms with van der Waals surface area (Å²) >= 11 is 0. The van der Waals surface area contributed by atoms with E-state index < -0.39 is 18.1 Å². The Morgan fingerprint density at radius 2 is 1.76 bits per heavy atom. The minimum atomic E-state index is -4.74. The number of aryl methyl sites for hydroxylation is 1. The summed E-state index contributed by atoms with van der Waals surface area (Å²) in [7, 11) is 0. The zero-order valence-corrected chi connectivity index (χ0v) is 18.5. The van der Waals surface area contributed by atoms with Crippen LogP contribution in [-0.2, 0) is 4.74 Å². The molecule has 0 fully saturated rings. The predicted molar refractivity (Wildman–Crippen MR) is 118 cm³/mol. The first kappa shape index (κ1) is 23.8. The second-order valence-electron chi connectivity index (χ2n) is 8.12. The predicted octanol–water partition coefficient (Wildman–Crippen LogP) is 5.99. The molecule has 1 N–H and O–H groups in total. The van der Waals surface area contributed by atoms with Gasteiger partial charge in [-0.2, -0.15) is 0 Å². The van der Waals surface area contributed by atoms with E-state index in [1.54, 1.807) is 32.9 Å². The van der Waals surface area contributed by atoms with Crippen molar-refractivity contribution < 1.29 is 27.4 Å². The van der Waals surface area contributed by atoms with Crippen molar-refractivity contribution in [2.45, 2.75) is 39.7 Å². The van der Waals surface area contributed by atoms with Crippen LogP contribution in [0.1, 0.15) is 37.7 Å². The Labute approximate surface area is 188 Å². The van der Waals surface area contributed by atoms with Crippen LogP contribution < -0.4 is 10.1 Å². The smallest absolute Gasteiger partial charge is 0.444 e. The van der Waals surface area contributed by atoms with E-state index in [0.717, 1.165) is 11.1 Å². The minimum absolute atomic E-state index is 0.313. The Hall–Kier alpha value is -3.82. The number of halogens is 3. The Kier molecular flexibility index (Phi) is 6.75. The average molecular weight is 460 g/mol. The normalized spacial score (nSPS) is 12.1. The van der Waals surface area contributed by atoms with Gasteiger partial charge in [-0.1, -0.05) is 12.1 Å². The monoisotopic (exact) mass is 460 g/mol. The SMILES string of the molecule is Cc1cc(NC(=O)OC(C)(C)C)ccc1/C=C/c1ncn(-c2ccc(OC(F)(F)F)cc2)n1. The number of hydrogen-bond donors (Lipinski definition) is 1. The van der Waals surface area contributed by atoms with Crippen molar-refractivity contribution in [3.05, 3.63) is 65.7 Å². The van der Waals surface area contributed by atoms with Gasteiger partial charge in [-0.05, 0) is 81.3 Å². The van der Waals surface area contributed by atoms with E-state index in [9.17, 15) is 18.0 Å². The van der Waals surface area contributed by atoms with Crippen LogP contribution in [0.3, 0.4) is 0 Å². The van der Waals surface area contributed by atoms with Crippen molar-refractivity contribution in [3.8, 4) is 11.4 Å². The molecular weight excluding hydrogens is 437 g/mol. The lowest BCUT2D eigenvalue weighted by atomic mass is 10.1. The van der Waals surface area contributed by atoms with Crippen LogP contribution in [0.5, 0.6) is 5.75 Å². The first-order valence-electron chi connectivity index (χ1n) is 9.94. The number of ether oxygens (including phenoxy) is 2. The number of alkyl halides is 3. The minimum Gasteiger partial charge on any atom is -0.444 e. The highest BCUT2D eigenvalue weighted by Crippen LogP contribution is 2.23. The number of benzene rings is 2. The maximum Gasteiger partial charge on any atom is 0.573 e. The number of anilines is 1. The quantitative estimate of drug-likeness (QED) is 0.506. The molecule has 3 aromatic rings. The third-order valence-electron chi connectivity index (χ3n) is 4.17. The van der Waals surface area contributed by atoms with E-state index in [1.807, 2.05) is 25.1 Å². The van der Waals surface area contributed by atoms with E-state index >= 15 is 0 Å². The average Bonchev–Trinajstić information content (AvgIpc) is 3.14. The summed E-state index contributed by atoms with van der Waals surface area (Å²) in [5, 5.41) is 7.00. The Balaban J connectivity index is 1.65. The first-order chi connectivity index (χ1) is 15.4. The summed E-state index contributed by atoms with van der Waals surface area (Å²) in [4.78, 5) is 16.1. The molecule has 10 heteroatoms. The van der Waals surface area contributed by atoms with Gasteiger partial charge >= 0.3 is 12.5 Å². The third kappa shape index (κ3) is 7.37. The Morgan fingerprint density at radius 3 is 2.36 bits per heavy atom. The summed E-state index contributed by atoms with van der Waals surface area (Å²) in [5.41, 5.74) is 2.37. The number of carbonyl (C=O) groups is 1. The molecular formula is C23H23F3N4O3. The number of carbonyl (C=O) groups excluding carboxylic acids is 1. The summed E-state index contributed by atoms with van der Waals surface area (Å²) in [6, 6.07) is 10.7. The second kappa shape index (κ2) is 9.35. The fourth-order valence-corrected chi connectivity index (χ4v) is 2.80. The highest BCUT2D eigenvalue weighted by molar-refractivity contribution is 5.85. The highest BCUT2D eigenvalue weighted by atomic mass is 19.4. The van der Waals surface area contributed by atoms with Crippen molar-refractivity contribution in [2.75, 3.05) is 5.32 Å². The standard InChI is InChI=1S/C23H23F3N4O3/c1-15-13-17(28-21(31)33-22(2,3)4)7-5-16(15)6-12-20-27-14-30(29-20)18-8-10-19(11-9-18)32-23(24,25)26/h5-14H,1-4H3,(H,28,31)/b12-6+. The second-order valence-corrected chi connectivity index (χ2v) is 8.12. The maximum atomic E-state index is 12.3. The molecule has 0 spiro atoms. The molecule has 0 bridgehead atoms. The zero-order chi connectivity index (χ0) is 24.2. The molecule has 174 valence electrons. The Bertz CT molecular complexity index is 1150. The fourth-order valence-electron chi connectivity index (χ4n) is 2.80. The first-order valence-corrected chi connectivity index (χ1v) is 9.94. The van der Waals surface area contributed by atoms with Gasteiger partial charge < -0.3 is 9.47 Å². The van der Waals surface area contributed by atoms with E-state index in [1.165, 1.54) is 35.3 Å². The van der Waals surface area contributed by atoms with Gasteiger partial charge in [0.25, 0.3) is 0 Å². The van der Waals surface area contributed by atoms with Crippen molar-refractivity contribution in [1.29, 1.82) is 0 Å². The zero-order valence-electron chi connectivity index (χ0n) is 18.5. The van der Waals surface area contributed by atoms with Crippen LogP contribution in [0.2, 0.25) is 0 Å². The van der Waals surface area contributed by atoms with Gasteiger partial charge in [0.05, 0.1) is 5.69 Å². The van der Waals surface area contributed by atoms with Crippen molar-refractivity contribution in [2.24, 2.45) is 0 Å². The number of aromatic nitrogens is 3. The van der Waals surface area contributed by atoms with E-state index in [4.69, 9.17) is 4.74 Å². The van der Waals surface area contributed by atoms with Gasteiger partial charge in [-0.3, -0.25) is 5.32 Å². The molecule has 7 nitrogen and oxygen atoms in total. The number of hydrogen-bond acceptors (Lipinski definition) is 5. The topological polar surface area (TPSA) is 78.3 Å². The van der Waals surface area contributed by atoms with Gasteiger partial charge in [0.15, 0.2) is 5.82 Å². The van der Waals surface area contributed by atoms with Gasteiger partial charge in [0, 0.05) is 5.69 Å². The molecule has 0 unspecified atom stereocenters. The van der Waals surface area contributed by atoms with Crippen molar-refractivity contribution in [3.63, 3.8) is 0 Å². The van der Waals surface area contributed by atoms with E-state index in [0.29, 0.717) is 17.2 Å². The molecule has 1 amide bonds. The number of nitrogens with zero attached hydrogens (tertiary/aromatic N) is 3. The third-order valence-corrected chi connectivity index (χ3v) is 4.17. The molecule has 2 aromatic carbocycles. The summed E-state index contributed by atoms with van der Waals surface area (Å²) in [6.07, 6.45) is -0.277. The lowest BCUT2D eigenvalue weighted by Gasteiger charge is -2.19. The van der Waals surface area contributed by atoms with Crippen LogP contribution in [0.15, 0.2) is 48.8 Å². The van der Waals surface area contributed by atoms with E-state index in [-0.39, 0.29) is 5.75 Å². The Morgan fingerprint density at radius 1 is 1.06 bits per heavy atom. The summed E-state index contributed by atoms with van der Waals surface area (Å²) in [5.74, 6) is 0.104. The molecule has 0 atom stereocenters. The molecule has 1 heterocycles. The molecule has 0 saturated heterocycles. The van der Waals surface area contributed by atoms with Crippen LogP contribution in [0.4, 0.5) is 23.7 Å². The van der Waals surface area contributed by atoms with Gasteiger partial charge in [-0.25, -0.2) is 14.5 Å². The molecule has 0 saturated carbocycles. The van der Waals surface area contributed by atoms with Gasteiger partial charge in [0.2, 0.25) is 0 Å².